The van der Waals surface area contributed by atoms with Crippen LogP contribution >= 0.6 is 46.6 Å². The number of hydrogen-bond acceptors (Lipinski definition) is 2. The van der Waals surface area contributed by atoms with Gasteiger partial charge in [0.1, 0.15) is 38.8 Å². The van der Waals surface area contributed by atoms with Crippen LogP contribution in [-0.2, 0) is 0 Å². The van der Waals surface area contributed by atoms with Gasteiger partial charge in [-0.25, -0.2) is 0 Å². The zero-order valence-corrected chi connectivity index (χ0v) is 18.4. The highest BCUT2D eigenvalue weighted by molar-refractivity contribution is 7.99. The molecular formula is C20H25Cl3N2OS+2. The van der Waals surface area contributed by atoms with Gasteiger partial charge >= 0.3 is 0 Å². The van der Waals surface area contributed by atoms with Crippen molar-refractivity contribution in [2.75, 3.05) is 39.3 Å². The molecule has 1 saturated heterocycles. The third-order valence-corrected chi connectivity index (χ3v) is 7.29. The largest absolute Gasteiger partial charge is 0.391 e. The number of halogens is 3. The van der Waals surface area contributed by atoms with Crippen molar-refractivity contribution in [1.29, 1.82) is 0 Å². The van der Waals surface area contributed by atoms with Gasteiger partial charge in [0, 0.05) is 20.4 Å². The second kappa shape index (κ2) is 9.84. The lowest BCUT2D eigenvalue weighted by atomic mass is 10.1. The van der Waals surface area contributed by atoms with Gasteiger partial charge < -0.3 is 14.9 Å². The Balaban J connectivity index is 1.78. The van der Waals surface area contributed by atoms with E-state index in [1.807, 2.05) is 24.3 Å². The first-order valence-electron chi connectivity index (χ1n) is 9.19. The van der Waals surface area contributed by atoms with Crippen molar-refractivity contribution in [3.63, 3.8) is 0 Å². The lowest BCUT2D eigenvalue weighted by Crippen LogP contribution is -3.28. The highest BCUT2D eigenvalue weighted by Crippen LogP contribution is 2.36. The fourth-order valence-corrected chi connectivity index (χ4v) is 5.20. The van der Waals surface area contributed by atoms with Crippen molar-refractivity contribution in [1.82, 2.24) is 0 Å². The van der Waals surface area contributed by atoms with Crippen molar-refractivity contribution in [2.24, 2.45) is 0 Å². The second-order valence-electron chi connectivity index (χ2n) is 6.96. The first-order valence-corrected chi connectivity index (χ1v) is 11.1. The van der Waals surface area contributed by atoms with Crippen LogP contribution in [0.5, 0.6) is 0 Å². The molecule has 3 rings (SSSR count). The number of hydrogen-bond donors (Lipinski definition) is 3. The molecule has 3 N–H and O–H groups in total. The Bertz CT molecular complexity index is 782. The third-order valence-electron chi connectivity index (χ3n) is 5.23. The van der Waals surface area contributed by atoms with E-state index < -0.39 is 0 Å². The molecule has 0 amide bonds. The molecule has 2 aromatic rings. The monoisotopic (exact) mass is 446 g/mol. The number of piperazine rings is 1. The van der Waals surface area contributed by atoms with Crippen LogP contribution < -0.4 is 9.80 Å². The Hall–Kier alpha value is -0.460. The van der Waals surface area contributed by atoms with E-state index in [2.05, 4.69) is 19.1 Å². The molecule has 0 spiro atoms. The molecule has 0 radical (unpaired) electrons. The van der Waals surface area contributed by atoms with Gasteiger partial charge in [0.15, 0.2) is 0 Å². The van der Waals surface area contributed by atoms with Crippen LogP contribution in [0.15, 0.2) is 46.2 Å². The van der Waals surface area contributed by atoms with Gasteiger partial charge in [0.05, 0.1) is 16.7 Å². The SMILES string of the molecule is C[C@@H](c1cc(Cl)ccc1Sc1ccc(Cl)c(Cl)c1)[NH+]1CC[NH+](CCO)CC1. The molecule has 1 fully saturated rings. The molecule has 27 heavy (non-hydrogen) atoms. The molecule has 146 valence electrons. The fourth-order valence-electron chi connectivity index (χ4n) is 3.60. The fraction of sp³-hybridized carbons (Fsp3) is 0.400. The molecule has 1 atom stereocenters. The summed E-state index contributed by atoms with van der Waals surface area (Å²) in [6.07, 6.45) is 0. The Morgan fingerprint density at radius 1 is 1.00 bits per heavy atom. The molecule has 1 aliphatic rings. The lowest BCUT2D eigenvalue weighted by Gasteiger charge is -2.33. The van der Waals surface area contributed by atoms with Gasteiger partial charge in [-0.3, -0.25) is 0 Å². The van der Waals surface area contributed by atoms with Gasteiger partial charge in [0.25, 0.3) is 0 Å². The summed E-state index contributed by atoms with van der Waals surface area (Å²) in [5.41, 5.74) is 1.26. The van der Waals surface area contributed by atoms with Crippen LogP contribution in [-0.4, -0.2) is 44.4 Å². The number of nitrogens with one attached hydrogen (secondary N) is 2. The summed E-state index contributed by atoms with van der Waals surface area (Å²) in [4.78, 5) is 5.31. The number of benzene rings is 2. The predicted octanol–water partition coefficient (Wildman–Crippen LogP) is 2.63. The first kappa shape index (κ1) is 21.3. The molecule has 0 saturated carbocycles. The highest BCUT2D eigenvalue weighted by atomic mass is 35.5. The van der Waals surface area contributed by atoms with Crippen LogP contribution in [0.1, 0.15) is 18.5 Å². The highest BCUT2D eigenvalue weighted by Gasteiger charge is 2.29. The maximum atomic E-state index is 9.15. The zero-order chi connectivity index (χ0) is 19.4. The lowest BCUT2D eigenvalue weighted by molar-refractivity contribution is -1.03. The van der Waals surface area contributed by atoms with E-state index in [0.717, 1.165) is 42.6 Å². The van der Waals surface area contributed by atoms with Crippen LogP contribution in [0.3, 0.4) is 0 Å². The predicted molar refractivity (Wildman–Crippen MR) is 114 cm³/mol. The third kappa shape index (κ3) is 5.54. The van der Waals surface area contributed by atoms with E-state index in [-0.39, 0.29) is 6.61 Å². The molecule has 2 aromatic carbocycles. The standard InChI is InChI=1S/C20H23Cl3N2OS/c1-14(25-8-6-24(7-9-25)10-11-26)17-12-15(21)2-5-20(17)27-16-3-4-18(22)19(23)13-16/h2-5,12-14,26H,6-11H2,1H3/p+2/t14-/m0/s1. The van der Waals surface area contributed by atoms with E-state index in [1.54, 1.807) is 16.7 Å². The van der Waals surface area contributed by atoms with Gasteiger partial charge in [-0.15, -0.1) is 0 Å². The van der Waals surface area contributed by atoms with E-state index in [9.17, 15) is 0 Å². The normalized spacial score (nSPS) is 21.2. The molecule has 3 nitrogen and oxygen atoms in total. The molecule has 1 aliphatic heterocycles. The number of rotatable bonds is 6. The minimum Gasteiger partial charge on any atom is -0.391 e. The van der Waals surface area contributed by atoms with E-state index in [1.165, 1.54) is 15.4 Å². The Labute approximate surface area is 180 Å². The first-order chi connectivity index (χ1) is 13.0. The number of aliphatic hydroxyl groups is 1. The van der Waals surface area contributed by atoms with E-state index >= 15 is 0 Å². The van der Waals surface area contributed by atoms with Gasteiger partial charge in [0.2, 0.25) is 0 Å². The summed E-state index contributed by atoms with van der Waals surface area (Å²) in [5.74, 6) is 0. The molecule has 1 heterocycles. The van der Waals surface area contributed by atoms with Crippen LogP contribution in [0.25, 0.3) is 0 Å². The summed E-state index contributed by atoms with van der Waals surface area (Å²) < 4.78 is 0. The number of quaternary nitrogens is 2. The topological polar surface area (TPSA) is 29.1 Å². The number of aliphatic hydroxyl groups excluding tert-OH is 1. The van der Waals surface area contributed by atoms with Crippen molar-refractivity contribution in [2.45, 2.75) is 22.8 Å². The van der Waals surface area contributed by atoms with E-state index in [0.29, 0.717) is 16.1 Å². The maximum absolute atomic E-state index is 9.15. The van der Waals surface area contributed by atoms with Crippen molar-refractivity contribution >= 4 is 46.6 Å². The molecule has 0 unspecified atom stereocenters. The van der Waals surface area contributed by atoms with Crippen LogP contribution in [0, 0.1) is 0 Å². The summed E-state index contributed by atoms with van der Waals surface area (Å²) in [6, 6.07) is 12.2. The summed E-state index contributed by atoms with van der Waals surface area (Å²) in [5, 5.41) is 11.1. The van der Waals surface area contributed by atoms with Crippen LogP contribution in [0.4, 0.5) is 0 Å². The summed E-state index contributed by atoms with van der Waals surface area (Å²) in [7, 11) is 0. The Morgan fingerprint density at radius 3 is 2.41 bits per heavy atom. The van der Waals surface area contributed by atoms with Gasteiger partial charge in [-0.1, -0.05) is 46.6 Å². The molecule has 0 aromatic heterocycles. The molecule has 0 bridgehead atoms. The van der Waals surface area contributed by atoms with Crippen molar-refractivity contribution in [3.8, 4) is 0 Å². The second-order valence-corrected chi connectivity index (χ2v) is 9.33. The quantitative estimate of drug-likeness (QED) is 0.635. The minimum atomic E-state index is 0.263. The smallest absolute Gasteiger partial charge is 0.127 e. The summed E-state index contributed by atoms with van der Waals surface area (Å²) in [6.45, 7) is 7.76. The van der Waals surface area contributed by atoms with Gasteiger partial charge in [-0.05, 0) is 43.3 Å². The minimum absolute atomic E-state index is 0.263. The van der Waals surface area contributed by atoms with Crippen molar-refractivity contribution < 1.29 is 14.9 Å². The average molecular weight is 448 g/mol. The Morgan fingerprint density at radius 2 is 1.74 bits per heavy atom. The zero-order valence-electron chi connectivity index (χ0n) is 15.3. The Kier molecular flexibility index (Phi) is 7.74. The summed E-state index contributed by atoms with van der Waals surface area (Å²) >= 11 is 20.2. The maximum Gasteiger partial charge on any atom is 0.127 e. The van der Waals surface area contributed by atoms with E-state index in [4.69, 9.17) is 39.9 Å². The molecule has 7 heteroatoms. The van der Waals surface area contributed by atoms with Crippen LogP contribution in [0.2, 0.25) is 15.1 Å². The molecular weight excluding hydrogens is 423 g/mol. The molecule has 0 aliphatic carbocycles. The van der Waals surface area contributed by atoms with Gasteiger partial charge in [-0.2, -0.15) is 0 Å². The van der Waals surface area contributed by atoms with Crippen molar-refractivity contribution in [3.05, 3.63) is 57.0 Å². The average Bonchev–Trinajstić information content (AvgIpc) is 2.66.